The van der Waals surface area contributed by atoms with Crippen LogP contribution in [0.1, 0.15) is 19.3 Å². The van der Waals surface area contributed by atoms with Crippen LogP contribution in [0.15, 0.2) is 48.5 Å². The molecule has 0 N–H and O–H groups in total. The van der Waals surface area contributed by atoms with E-state index in [2.05, 4.69) is 0 Å². The smallest absolute Gasteiger partial charge is 0.237 e. The first-order valence-corrected chi connectivity index (χ1v) is 9.46. The van der Waals surface area contributed by atoms with E-state index in [4.69, 9.17) is 9.47 Å². The van der Waals surface area contributed by atoms with Crippen LogP contribution in [0.2, 0.25) is 0 Å². The summed E-state index contributed by atoms with van der Waals surface area (Å²) in [6.07, 6.45) is 3.22. The molecular weight excluding hydrogens is 342 g/mol. The zero-order valence-electron chi connectivity index (χ0n) is 15.1. The van der Waals surface area contributed by atoms with E-state index in [1.165, 1.54) is 4.90 Å². The molecule has 3 fully saturated rings. The van der Waals surface area contributed by atoms with Crippen LogP contribution >= 0.6 is 0 Å². The molecule has 1 saturated heterocycles. The van der Waals surface area contributed by atoms with Crippen LogP contribution in [-0.2, 0) is 9.59 Å². The third-order valence-corrected chi connectivity index (χ3v) is 6.32. The molecule has 1 aliphatic heterocycles. The highest BCUT2D eigenvalue weighted by Gasteiger charge is 2.61. The van der Waals surface area contributed by atoms with Gasteiger partial charge in [-0.05, 0) is 67.5 Å². The Hall–Kier alpha value is -2.82. The van der Waals surface area contributed by atoms with Gasteiger partial charge in [0.25, 0.3) is 0 Å². The maximum Gasteiger partial charge on any atom is 0.237 e. The second kappa shape index (κ2) is 6.12. The molecule has 5 nitrogen and oxygen atoms in total. The van der Waals surface area contributed by atoms with Gasteiger partial charge >= 0.3 is 0 Å². The van der Waals surface area contributed by atoms with E-state index in [0.717, 1.165) is 19.3 Å². The van der Waals surface area contributed by atoms with Gasteiger partial charge in [0.15, 0.2) is 11.5 Å². The third kappa shape index (κ3) is 2.45. The summed E-state index contributed by atoms with van der Waals surface area (Å²) in [5.74, 6) is 2.46. The molecule has 2 amide bonds. The Morgan fingerprint density at radius 2 is 1.44 bits per heavy atom. The van der Waals surface area contributed by atoms with Crippen molar-refractivity contribution in [2.24, 2.45) is 23.7 Å². The first kappa shape index (κ1) is 16.4. The molecule has 2 aromatic carbocycles. The van der Waals surface area contributed by atoms with Gasteiger partial charge in [-0.2, -0.15) is 0 Å². The minimum Gasteiger partial charge on any atom is -0.493 e. The van der Waals surface area contributed by atoms with Crippen molar-refractivity contribution < 1.29 is 19.1 Å². The first-order valence-electron chi connectivity index (χ1n) is 9.46. The Kier molecular flexibility index (Phi) is 3.71. The predicted octanol–water partition coefficient (Wildman–Crippen LogP) is 4.02. The van der Waals surface area contributed by atoms with Crippen molar-refractivity contribution in [1.82, 2.24) is 0 Å². The summed E-state index contributed by atoms with van der Waals surface area (Å²) < 4.78 is 11.2. The number of carbonyl (C=O) groups excluding carboxylic acids is 2. The molecule has 5 heteroatoms. The molecule has 27 heavy (non-hydrogen) atoms. The van der Waals surface area contributed by atoms with E-state index < -0.39 is 0 Å². The maximum atomic E-state index is 12.9. The molecule has 1 heterocycles. The van der Waals surface area contributed by atoms with Crippen LogP contribution in [0.3, 0.4) is 0 Å². The number of rotatable bonds is 4. The predicted molar refractivity (Wildman–Crippen MR) is 99.8 cm³/mol. The van der Waals surface area contributed by atoms with Crippen LogP contribution in [0, 0.1) is 23.7 Å². The van der Waals surface area contributed by atoms with Crippen molar-refractivity contribution in [2.75, 3.05) is 12.0 Å². The van der Waals surface area contributed by atoms with Gasteiger partial charge in [0.05, 0.1) is 24.6 Å². The van der Waals surface area contributed by atoms with Gasteiger partial charge in [0.2, 0.25) is 11.8 Å². The molecule has 0 spiro atoms. The molecule has 4 atom stereocenters. The molecule has 0 radical (unpaired) electrons. The monoisotopic (exact) mass is 363 g/mol. The number of para-hydroxylation sites is 2. The number of imide groups is 1. The molecule has 2 saturated carbocycles. The fourth-order valence-electron chi connectivity index (χ4n) is 5.16. The van der Waals surface area contributed by atoms with E-state index in [9.17, 15) is 9.59 Å². The molecular formula is C22H21NO4. The average molecular weight is 363 g/mol. The fourth-order valence-corrected chi connectivity index (χ4v) is 5.16. The highest BCUT2D eigenvalue weighted by molar-refractivity contribution is 6.22. The molecule has 3 aliphatic rings. The SMILES string of the molecule is COc1ccccc1Oc1ccc(N2C(=O)C3C4CCC(C4)C3C2=O)cc1. The number of amides is 2. The van der Waals surface area contributed by atoms with E-state index in [1.807, 2.05) is 24.3 Å². The number of carbonyl (C=O) groups is 2. The van der Waals surface area contributed by atoms with Crippen molar-refractivity contribution in [3.63, 3.8) is 0 Å². The summed E-state index contributed by atoms with van der Waals surface area (Å²) in [6.45, 7) is 0. The van der Waals surface area contributed by atoms with Crippen molar-refractivity contribution in [1.29, 1.82) is 0 Å². The summed E-state index contributed by atoms with van der Waals surface area (Å²) in [6, 6.07) is 14.5. The van der Waals surface area contributed by atoms with Gasteiger partial charge in [0, 0.05) is 0 Å². The highest BCUT2D eigenvalue weighted by atomic mass is 16.5. The summed E-state index contributed by atoms with van der Waals surface area (Å²) in [7, 11) is 1.60. The van der Waals surface area contributed by atoms with E-state index >= 15 is 0 Å². The lowest BCUT2D eigenvalue weighted by Crippen LogP contribution is -2.32. The van der Waals surface area contributed by atoms with Crippen molar-refractivity contribution in [2.45, 2.75) is 19.3 Å². The van der Waals surface area contributed by atoms with Crippen LogP contribution in [-0.4, -0.2) is 18.9 Å². The summed E-state index contributed by atoms with van der Waals surface area (Å²) in [4.78, 5) is 27.2. The van der Waals surface area contributed by atoms with Crippen molar-refractivity contribution in [3.8, 4) is 17.2 Å². The van der Waals surface area contributed by atoms with E-state index in [-0.39, 0.29) is 23.7 Å². The molecule has 2 aromatic rings. The Bertz CT molecular complexity index is 879. The summed E-state index contributed by atoms with van der Waals surface area (Å²) in [5, 5.41) is 0. The second-order valence-corrected chi connectivity index (χ2v) is 7.64. The third-order valence-electron chi connectivity index (χ3n) is 6.32. The standard InChI is InChI=1S/C22H21NO4/c1-26-17-4-2-3-5-18(17)27-16-10-8-15(9-11-16)23-21(24)19-13-6-7-14(12-13)20(19)22(23)25/h2-5,8-11,13-14,19-20H,6-7,12H2,1H3. The Labute approximate surface area is 157 Å². The average Bonchev–Trinajstić information content (AvgIpc) is 3.37. The molecule has 4 unspecified atom stereocenters. The van der Waals surface area contributed by atoms with Crippen LogP contribution in [0.4, 0.5) is 5.69 Å². The van der Waals surface area contributed by atoms with Crippen LogP contribution in [0.5, 0.6) is 17.2 Å². The van der Waals surface area contributed by atoms with E-state index in [1.54, 1.807) is 31.4 Å². The summed E-state index contributed by atoms with van der Waals surface area (Å²) >= 11 is 0. The minimum absolute atomic E-state index is 0.0180. The van der Waals surface area contributed by atoms with Crippen LogP contribution in [0.25, 0.3) is 0 Å². The van der Waals surface area contributed by atoms with Crippen molar-refractivity contribution in [3.05, 3.63) is 48.5 Å². The Morgan fingerprint density at radius 1 is 0.852 bits per heavy atom. The number of hydrogen-bond donors (Lipinski definition) is 0. The van der Waals surface area contributed by atoms with Gasteiger partial charge in [-0.15, -0.1) is 0 Å². The Balaban J connectivity index is 1.38. The van der Waals surface area contributed by atoms with Crippen LogP contribution < -0.4 is 14.4 Å². The number of nitrogens with zero attached hydrogens (tertiary/aromatic N) is 1. The van der Waals surface area contributed by atoms with Gasteiger partial charge in [-0.3, -0.25) is 14.5 Å². The Morgan fingerprint density at radius 3 is 2.04 bits per heavy atom. The molecule has 138 valence electrons. The lowest BCUT2D eigenvalue weighted by Gasteiger charge is -2.19. The summed E-state index contributed by atoms with van der Waals surface area (Å²) in [5.41, 5.74) is 0.631. The van der Waals surface area contributed by atoms with Gasteiger partial charge in [-0.1, -0.05) is 12.1 Å². The molecule has 5 rings (SSSR count). The molecule has 0 aromatic heterocycles. The van der Waals surface area contributed by atoms with Gasteiger partial charge in [-0.25, -0.2) is 0 Å². The number of fused-ring (bicyclic) bond motifs is 5. The van der Waals surface area contributed by atoms with Gasteiger partial charge < -0.3 is 9.47 Å². The topological polar surface area (TPSA) is 55.8 Å². The second-order valence-electron chi connectivity index (χ2n) is 7.64. The fraction of sp³-hybridized carbons (Fsp3) is 0.364. The molecule has 2 bridgehead atoms. The number of methoxy groups -OCH3 is 1. The zero-order valence-corrected chi connectivity index (χ0v) is 15.1. The maximum absolute atomic E-state index is 12.9. The number of anilines is 1. The van der Waals surface area contributed by atoms with Gasteiger partial charge in [0.1, 0.15) is 5.75 Å². The zero-order chi connectivity index (χ0) is 18.5. The molecule has 2 aliphatic carbocycles. The van der Waals surface area contributed by atoms with Crippen molar-refractivity contribution >= 4 is 17.5 Å². The minimum atomic E-state index is -0.0965. The normalized spacial score (nSPS) is 28.6. The lowest BCUT2D eigenvalue weighted by atomic mass is 9.81. The quantitative estimate of drug-likeness (QED) is 0.770. The lowest BCUT2D eigenvalue weighted by molar-refractivity contribution is -0.123. The number of hydrogen-bond acceptors (Lipinski definition) is 4. The first-order chi connectivity index (χ1) is 13.2. The number of benzene rings is 2. The largest absolute Gasteiger partial charge is 0.493 e. The van der Waals surface area contributed by atoms with E-state index in [0.29, 0.717) is 34.8 Å². The number of ether oxygens (including phenoxy) is 2. The highest BCUT2D eigenvalue weighted by Crippen LogP contribution is 2.56.